The number of Topliss-reactive ketones (excluding diaryl/α,β-unsaturated/α-hetero) is 1. The Balaban J connectivity index is 2.45. The molecular weight excluding hydrogens is 241 g/mol. The summed E-state index contributed by atoms with van der Waals surface area (Å²) >= 11 is 0. The first-order valence-electron chi connectivity index (χ1n) is 5.27. The predicted octanol–water partition coefficient (Wildman–Crippen LogP) is 0.989. The first-order chi connectivity index (χ1) is 8.50. The first-order valence-corrected chi connectivity index (χ1v) is 5.27. The molecule has 0 spiro atoms. The van der Waals surface area contributed by atoms with Crippen molar-refractivity contribution in [2.24, 2.45) is 0 Å². The molecule has 1 aromatic carbocycles. The fourth-order valence-corrected chi connectivity index (χ4v) is 1.25. The molecule has 5 nitrogen and oxygen atoms in total. The van der Waals surface area contributed by atoms with Gasteiger partial charge in [0.05, 0.1) is 18.5 Å². The van der Waals surface area contributed by atoms with Crippen LogP contribution in [-0.2, 0) is 9.59 Å². The van der Waals surface area contributed by atoms with Gasteiger partial charge in [-0.15, -0.1) is 0 Å². The summed E-state index contributed by atoms with van der Waals surface area (Å²) in [6, 6.07) is 5.39. The summed E-state index contributed by atoms with van der Waals surface area (Å²) in [6.07, 6.45) is -0.443. The lowest BCUT2D eigenvalue weighted by Gasteiger charge is -2.04. The van der Waals surface area contributed by atoms with Crippen LogP contribution in [-0.4, -0.2) is 29.3 Å². The molecule has 1 aromatic rings. The van der Waals surface area contributed by atoms with E-state index in [1.54, 1.807) is 0 Å². The molecule has 0 heterocycles. The van der Waals surface area contributed by atoms with Crippen LogP contribution in [0, 0.1) is 5.82 Å². The molecule has 0 aliphatic carbocycles. The Labute approximate surface area is 103 Å². The van der Waals surface area contributed by atoms with Crippen molar-refractivity contribution in [1.29, 1.82) is 0 Å². The SMILES string of the molecule is O=C(O)CCC(=O)CNC(=O)c1ccccc1F. The number of benzene rings is 1. The lowest BCUT2D eigenvalue weighted by molar-refractivity contribution is -0.138. The number of carbonyl (C=O) groups excluding carboxylic acids is 2. The van der Waals surface area contributed by atoms with Crippen molar-refractivity contribution in [2.75, 3.05) is 6.54 Å². The van der Waals surface area contributed by atoms with Gasteiger partial charge < -0.3 is 10.4 Å². The number of rotatable bonds is 6. The molecule has 0 aliphatic heterocycles. The van der Waals surface area contributed by atoms with Gasteiger partial charge in [-0.25, -0.2) is 4.39 Å². The van der Waals surface area contributed by atoms with Crippen LogP contribution in [0.25, 0.3) is 0 Å². The maximum absolute atomic E-state index is 13.2. The topological polar surface area (TPSA) is 83.5 Å². The van der Waals surface area contributed by atoms with E-state index in [4.69, 9.17) is 5.11 Å². The minimum absolute atomic E-state index is 0.150. The van der Waals surface area contributed by atoms with Crippen LogP contribution in [0.5, 0.6) is 0 Å². The van der Waals surface area contributed by atoms with Crippen molar-refractivity contribution < 1.29 is 23.9 Å². The highest BCUT2D eigenvalue weighted by molar-refractivity contribution is 5.97. The van der Waals surface area contributed by atoms with Crippen molar-refractivity contribution >= 4 is 17.7 Å². The second kappa shape index (κ2) is 6.48. The van der Waals surface area contributed by atoms with Gasteiger partial charge in [0.2, 0.25) is 0 Å². The van der Waals surface area contributed by atoms with Gasteiger partial charge in [-0.3, -0.25) is 14.4 Å². The van der Waals surface area contributed by atoms with Gasteiger partial charge in [-0.2, -0.15) is 0 Å². The van der Waals surface area contributed by atoms with Crippen molar-refractivity contribution in [2.45, 2.75) is 12.8 Å². The van der Waals surface area contributed by atoms with Crippen LogP contribution in [0.15, 0.2) is 24.3 Å². The zero-order valence-electron chi connectivity index (χ0n) is 9.48. The molecule has 0 aliphatic rings. The molecule has 1 rings (SSSR count). The molecule has 18 heavy (non-hydrogen) atoms. The van der Waals surface area contributed by atoms with E-state index < -0.39 is 23.5 Å². The highest BCUT2D eigenvalue weighted by Crippen LogP contribution is 2.05. The summed E-state index contributed by atoms with van der Waals surface area (Å²) in [4.78, 5) is 32.9. The fraction of sp³-hybridized carbons (Fsp3) is 0.250. The maximum Gasteiger partial charge on any atom is 0.303 e. The summed E-state index contributed by atoms with van der Waals surface area (Å²) in [6.45, 7) is -0.305. The average Bonchev–Trinajstić information content (AvgIpc) is 2.34. The van der Waals surface area contributed by atoms with Crippen molar-refractivity contribution in [3.63, 3.8) is 0 Å². The van der Waals surface area contributed by atoms with E-state index in [0.29, 0.717) is 0 Å². The van der Waals surface area contributed by atoms with Crippen LogP contribution >= 0.6 is 0 Å². The monoisotopic (exact) mass is 253 g/mol. The number of carbonyl (C=O) groups is 3. The van der Waals surface area contributed by atoms with Crippen molar-refractivity contribution in [1.82, 2.24) is 5.32 Å². The van der Waals surface area contributed by atoms with Crippen LogP contribution in [0.1, 0.15) is 23.2 Å². The predicted molar refractivity (Wildman–Crippen MR) is 60.6 cm³/mol. The number of carboxylic acids is 1. The number of ketones is 1. The number of nitrogens with one attached hydrogen (secondary N) is 1. The van der Waals surface area contributed by atoms with Crippen molar-refractivity contribution in [3.05, 3.63) is 35.6 Å². The van der Waals surface area contributed by atoms with Crippen LogP contribution < -0.4 is 5.32 Å². The summed E-state index contributed by atoms with van der Waals surface area (Å²) in [5.74, 6) is -2.87. The quantitative estimate of drug-likeness (QED) is 0.791. The molecule has 96 valence electrons. The normalized spacial score (nSPS) is 9.83. The molecule has 1 amide bonds. The number of halogens is 1. The number of amides is 1. The molecule has 0 fully saturated rings. The smallest absolute Gasteiger partial charge is 0.303 e. The zero-order valence-corrected chi connectivity index (χ0v) is 9.48. The lowest BCUT2D eigenvalue weighted by Crippen LogP contribution is -2.30. The van der Waals surface area contributed by atoms with Gasteiger partial charge >= 0.3 is 5.97 Å². The fourth-order valence-electron chi connectivity index (χ4n) is 1.25. The van der Waals surface area contributed by atoms with Gasteiger partial charge in [-0.05, 0) is 12.1 Å². The standard InChI is InChI=1S/C12H12FNO4/c13-10-4-2-1-3-9(10)12(18)14-7-8(15)5-6-11(16)17/h1-4H,5-7H2,(H,14,18)(H,16,17). The van der Waals surface area contributed by atoms with E-state index in [9.17, 15) is 18.8 Å². The van der Waals surface area contributed by atoms with Crippen LogP contribution in [0.4, 0.5) is 4.39 Å². The van der Waals surface area contributed by atoms with E-state index in [1.165, 1.54) is 18.2 Å². The number of hydrogen-bond donors (Lipinski definition) is 2. The Morgan fingerprint density at radius 2 is 1.83 bits per heavy atom. The molecule has 0 unspecified atom stereocenters. The largest absolute Gasteiger partial charge is 0.481 e. The van der Waals surface area contributed by atoms with E-state index in [2.05, 4.69) is 5.32 Å². The Hall–Kier alpha value is -2.24. The van der Waals surface area contributed by atoms with Gasteiger partial charge in [0, 0.05) is 6.42 Å². The molecule has 0 bridgehead atoms. The van der Waals surface area contributed by atoms with Gasteiger partial charge in [0.15, 0.2) is 5.78 Å². The second-order valence-electron chi connectivity index (χ2n) is 3.59. The van der Waals surface area contributed by atoms with Crippen LogP contribution in [0.3, 0.4) is 0 Å². The number of carboxylic acid groups (broad SMARTS) is 1. The summed E-state index contributed by atoms with van der Waals surface area (Å²) < 4.78 is 13.2. The molecule has 2 N–H and O–H groups in total. The average molecular weight is 253 g/mol. The molecule has 0 saturated heterocycles. The summed E-state index contributed by atoms with van der Waals surface area (Å²) in [5, 5.41) is 10.6. The third-order valence-corrected chi connectivity index (χ3v) is 2.18. The van der Waals surface area contributed by atoms with Gasteiger partial charge in [0.25, 0.3) is 5.91 Å². The lowest BCUT2D eigenvalue weighted by atomic mass is 10.2. The minimum Gasteiger partial charge on any atom is -0.481 e. The highest BCUT2D eigenvalue weighted by Gasteiger charge is 2.12. The highest BCUT2D eigenvalue weighted by atomic mass is 19.1. The van der Waals surface area contributed by atoms with Crippen LogP contribution in [0.2, 0.25) is 0 Å². The Kier molecular flexibility index (Phi) is 4.98. The molecule has 0 radical (unpaired) electrons. The third-order valence-electron chi connectivity index (χ3n) is 2.18. The molecule has 0 aromatic heterocycles. The van der Waals surface area contributed by atoms with Gasteiger partial charge in [0.1, 0.15) is 5.82 Å². The summed E-state index contributed by atoms with van der Waals surface area (Å²) in [7, 11) is 0. The molecular formula is C12H12FNO4. The molecule has 6 heteroatoms. The van der Waals surface area contributed by atoms with E-state index >= 15 is 0 Å². The zero-order chi connectivity index (χ0) is 13.5. The number of aliphatic carboxylic acids is 1. The van der Waals surface area contributed by atoms with E-state index in [-0.39, 0.29) is 24.9 Å². The van der Waals surface area contributed by atoms with Crippen molar-refractivity contribution in [3.8, 4) is 0 Å². The third kappa shape index (κ3) is 4.32. The van der Waals surface area contributed by atoms with E-state index in [1.807, 2.05) is 0 Å². The van der Waals surface area contributed by atoms with Gasteiger partial charge in [-0.1, -0.05) is 12.1 Å². The second-order valence-corrected chi connectivity index (χ2v) is 3.59. The summed E-state index contributed by atoms with van der Waals surface area (Å²) in [5.41, 5.74) is -0.150. The Bertz CT molecular complexity index is 473. The maximum atomic E-state index is 13.2. The number of hydrogen-bond acceptors (Lipinski definition) is 3. The van der Waals surface area contributed by atoms with E-state index in [0.717, 1.165) is 6.07 Å². The molecule has 0 atom stereocenters. The Morgan fingerprint density at radius 1 is 1.17 bits per heavy atom. The first kappa shape index (κ1) is 13.8. The molecule has 0 saturated carbocycles. The minimum atomic E-state index is -1.08. The Morgan fingerprint density at radius 3 is 2.44 bits per heavy atom.